The molecule has 142 valence electrons. The SMILES string of the molecule is CCNC(=O)CCc1cc(-c2nn[nH]n2)ccc1C#Cc1ccc(O)cc1Cl. The maximum atomic E-state index is 11.9. The number of aryl methyl sites for hydroxylation is 1. The lowest BCUT2D eigenvalue weighted by Crippen LogP contribution is -2.22. The van der Waals surface area contributed by atoms with Gasteiger partial charge in [-0.15, -0.1) is 10.2 Å². The number of nitrogens with one attached hydrogen (secondary N) is 2. The van der Waals surface area contributed by atoms with Gasteiger partial charge in [0.15, 0.2) is 0 Å². The van der Waals surface area contributed by atoms with Crippen LogP contribution in [0.2, 0.25) is 5.02 Å². The number of aromatic amines is 1. The third-order valence-electron chi connectivity index (χ3n) is 3.99. The normalized spacial score (nSPS) is 10.2. The summed E-state index contributed by atoms with van der Waals surface area (Å²) in [6.45, 7) is 2.47. The van der Waals surface area contributed by atoms with Crippen LogP contribution in [0, 0.1) is 11.8 Å². The summed E-state index contributed by atoms with van der Waals surface area (Å²) in [6, 6.07) is 10.3. The highest BCUT2D eigenvalue weighted by molar-refractivity contribution is 6.31. The van der Waals surface area contributed by atoms with Crippen LogP contribution in [-0.2, 0) is 11.2 Å². The molecular weight excluding hydrogens is 378 g/mol. The van der Waals surface area contributed by atoms with Gasteiger partial charge in [-0.1, -0.05) is 23.4 Å². The molecule has 0 spiro atoms. The van der Waals surface area contributed by atoms with Crippen molar-refractivity contribution in [1.29, 1.82) is 0 Å². The van der Waals surface area contributed by atoms with E-state index in [1.807, 2.05) is 25.1 Å². The van der Waals surface area contributed by atoms with Crippen molar-refractivity contribution < 1.29 is 9.90 Å². The lowest BCUT2D eigenvalue weighted by atomic mass is 9.99. The molecule has 3 rings (SSSR count). The van der Waals surface area contributed by atoms with E-state index in [0.29, 0.717) is 35.8 Å². The molecule has 1 amide bonds. The summed E-state index contributed by atoms with van der Waals surface area (Å²) >= 11 is 6.12. The van der Waals surface area contributed by atoms with Gasteiger partial charge in [0.1, 0.15) is 5.75 Å². The van der Waals surface area contributed by atoms with E-state index in [0.717, 1.165) is 16.7 Å². The van der Waals surface area contributed by atoms with Gasteiger partial charge in [-0.25, -0.2) is 0 Å². The van der Waals surface area contributed by atoms with Gasteiger partial charge in [0.2, 0.25) is 11.7 Å². The number of hydrogen-bond donors (Lipinski definition) is 3. The minimum absolute atomic E-state index is 0.0204. The van der Waals surface area contributed by atoms with Crippen molar-refractivity contribution >= 4 is 17.5 Å². The lowest BCUT2D eigenvalue weighted by molar-refractivity contribution is -0.120. The molecule has 0 saturated carbocycles. The summed E-state index contributed by atoms with van der Waals surface area (Å²) in [5.74, 6) is 6.66. The minimum Gasteiger partial charge on any atom is -0.508 e. The van der Waals surface area contributed by atoms with Crippen LogP contribution in [0.1, 0.15) is 30.0 Å². The molecule has 3 aromatic rings. The minimum atomic E-state index is -0.0204. The summed E-state index contributed by atoms with van der Waals surface area (Å²) in [5.41, 5.74) is 3.07. The van der Waals surface area contributed by atoms with Crippen LogP contribution >= 0.6 is 11.6 Å². The number of hydrogen-bond acceptors (Lipinski definition) is 5. The van der Waals surface area contributed by atoms with Crippen molar-refractivity contribution in [1.82, 2.24) is 25.9 Å². The first-order valence-electron chi connectivity index (χ1n) is 8.70. The molecule has 0 aliphatic rings. The van der Waals surface area contributed by atoms with Gasteiger partial charge in [-0.3, -0.25) is 4.79 Å². The van der Waals surface area contributed by atoms with Crippen molar-refractivity contribution in [3.05, 3.63) is 58.1 Å². The number of benzene rings is 2. The van der Waals surface area contributed by atoms with Crippen molar-refractivity contribution in [2.75, 3.05) is 6.54 Å². The van der Waals surface area contributed by atoms with Crippen molar-refractivity contribution in [3.8, 4) is 29.0 Å². The van der Waals surface area contributed by atoms with E-state index in [4.69, 9.17) is 11.6 Å². The molecule has 0 unspecified atom stereocenters. The fourth-order valence-corrected chi connectivity index (χ4v) is 2.84. The lowest BCUT2D eigenvalue weighted by Gasteiger charge is -2.07. The average Bonchev–Trinajstić information content (AvgIpc) is 3.21. The fraction of sp³-hybridized carbons (Fsp3) is 0.200. The molecule has 0 radical (unpaired) electrons. The van der Waals surface area contributed by atoms with E-state index in [9.17, 15) is 9.90 Å². The second kappa shape index (κ2) is 9.02. The first kappa shape index (κ1) is 19.4. The number of H-pyrrole nitrogens is 1. The van der Waals surface area contributed by atoms with E-state index < -0.39 is 0 Å². The molecule has 8 heteroatoms. The second-order valence-electron chi connectivity index (χ2n) is 5.97. The number of nitrogens with zero attached hydrogens (tertiary/aromatic N) is 3. The predicted molar refractivity (Wildman–Crippen MR) is 106 cm³/mol. The second-order valence-corrected chi connectivity index (χ2v) is 6.38. The molecule has 0 atom stereocenters. The van der Waals surface area contributed by atoms with E-state index in [-0.39, 0.29) is 11.7 Å². The topological polar surface area (TPSA) is 104 Å². The third kappa shape index (κ3) is 4.87. The van der Waals surface area contributed by atoms with Gasteiger partial charge >= 0.3 is 0 Å². The zero-order chi connectivity index (χ0) is 19.9. The van der Waals surface area contributed by atoms with Gasteiger partial charge < -0.3 is 10.4 Å². The Kier molecular flexibility index (Phi) is 6.25. The highest BCUT2D eigenvalue weighted by atomic mass is 35.5. The van der Waals surface area contributed by atoms with Crippen molar-refractivity contribution in [2.24, 2.45) is 0 Å². The van der Waals surface area contributed by atoms with Crippen LogP contribution < -0.4 is 5.32 Å². The Bertz CT molecular complexity index is 1040. The third-order valence-corrected chi connectivity index (χ3v) is 4.30. The quantitative estimate of drug-likeness (QED) is 0.576. The maximum absolute atomic E-state index is 11.9. The molecule has 7 nitrogen and oxygen atoms in total. The Morgan fingerprint density at radius 2 is 2.00 bits per heavy atom. The van der Waals surface area contributed by atoms with Gasteiger partial charge in [0.05, 0.1) is 5.02 Å². The van der Waals surface area contributed by atoms with E-state index in [2.05, 4.69) is 37.8 Å². The zero-order valence-corrected chi connectivity index (χ0v) is 15.9. The number of aromatic nitrogens is 4. The molecule has 0 saturated heterocycles. The molecule has 0 fully saturated rings. The summed E-state index contributed by atoms with van der Waals surface area (Å²) in [6.07, 6.45) is 0.864. The van der Waals surface area contributed by atoms with Crippen LogP contribution in [0.3, 0.4) is 0 Å². The Morgan fingerprint density at radius 3 is 2.71 bits per heavy atom. The Balaban J connectivity index is 1.92. The van der Waals surface area contributed by atoms with Crippen molar-refractivity contribution in [3.63, 3.8) is 0 Å². The number of tetrazole rings is 1. The smallest absolute Gasteiger partial charge is 0.220 e. The number of rotatable bonds is 5. The van der Waals surface area contributed by atoms with Gasteiger partial charge in [0, 0.05) is 29.7 Å². The zero-order valence-electron chi connectivity index (χ0n) is 15.2. The van der Waals surface area contributed by atoms with Gasteiger partial charge in [-0.2, -0.15) is 5.21 Å². The average molecular weight is 396 g/mol. The summed E-state index contributed by atoms with van der Waals surface area (Å²) in [5, 5.41) is 26.6. The molecular formula is C20H18ClN5O2. The number of carbonyl (C=O) groups is 1. The van der Waals surface area contributed by atoms with E-state index >= 15 is 0 Å². The van der Waals surface area contributed by atoms with E-state index in [1.54, 1.807) is 6.07 Å². The molecule has 1 heterocycles. The highest BCUT2D eigenvalue weighted by Crippen LogP contribution is 2.22. The summed E-state index contributed by atoms with van der Waals surface area (Å²) < 4.78 is 0. The number of aromatic hydroxyl groups is 1. The largest absolute Gasteiger partial charge is 0.508 e. The molecule has 2 aromatic carbocycles. The molecule has 0 bridgehead atoms. The number of amides is 1. The van der Waals surface area contributed by atoms with Gasteiger partial charge in [0.25, 0.3) is 0 Å². The number of phenolic OH excluding ortho intramolecular Hbond substituents is 1. The molecule has 0 aliphatic carbocycles. The fourth-order valence-electron chi connectivity index (χ4n) is 2.62. The first-order chi connectivity index (χ1) is 13.6. The van der Waals surface area contributed by atoms with Crippen LogP contribution in [0.4, 0.5) is 0 Å². The van der Waals surface area contributed by atoms with Crippen LogP contribution in [0.25, 0.3) is 11.4 Å². The van der Waals surface area contributed by atoms with Gasteiger partial charge in [-0.05, 0) is 60.5 Å². The number of halogens is 1. The predicted octanol–water partition coefficient (Wildman–Crippen LogP) is 2.69. The highest BCUT2D eigenvalue weighted by Gasteiger charge is 2.09. The number of carbonyl (C=O) groups excluding carboxylic acids is 1. The summed E-state index contributed by atoms with van der Waals surface area (Å²) in [4.78, 5) is 11.9. The monoisotopic (exact) mass is 395 g/mol. The maximum Gasteiger partial charge on any atom is 0.220 e. The number of phenols is 1. The van der Waals surface area contributed by atoms with E-state index in [1.165, 1.54) is 12.1 Å². The molecule has 3 N–H and O–H groups in total. The van der Waals surface area contributed by atoms with Crippen LogP contribution in [0.5, 0.6) is 5.75 Å². The summed E-state index contributed by atoms with van der Waals surface area (Å²) in [7, 11) is 0. The standard InChI is InChI=1S/C20H18ClN5O2/c1-2-22-19(28)10-8-15-11-16(20-23-25-26-24-20)6-4-13(15)3-5-14-7-9-17(27)12-18(14)21/h4,6-7,9,11-12,27H,2,8,10H2,1H3,(H,22,28)(H,23,24,25,26). The Labute approximate surface area is 167 Å². The Hall–Kier alpha value is -3.37. The van der Waals surface area contributed by atoms with Crippen molar-refractivity contribution in [2.45, 2.75) is 19.8 Å². The molecule has 28 heavy (non-hydrogen) atoms. The molecule has 1 aromatic heterocycles. The molecule has 0 aliphatic heterocycles. The van der Waals surface area contributed by atoms with Crippen LogP contribution in [0.15, 0.2) is 36.4 Å². The van der Waals surface area contributed by atoms with Crippen LogP contribution in [-0.4, -0.2) is 38.2 Å². The Morgan fingerprint density at radius 1 is 1.21 bits per heavy atom. The first-order valence-corrected chi connectivity index (χ1v) is 9.08.